The van der Waals surface area contributed by atoms with Crippen molar-refractivity contribution in [3.8, 4) is 0 Å². The smallest absolute Gasteiger partial charge is 0.0410 e. The van der Waals surface area contributed by atoms with Gasteiger partial charge in [-0.2, -0.15) is 0 Å². The number of aryl methyl sites for hydroxylation is 1. The molecule has 2 aromatic carbocycles. The summed E-state index contributed by atoms with van der Waals surface area (Å²) in [6.45, 7) is 0. The van der Waals surface area contributed by atoms with E-state index in [1.807, 2.05) is 25.2 Å². The number of hydrogen-bond donors (Lipinski definition) is 1. The Hall–Kier alpha value is -0.830. The number of hydrogen-bond acceptors (Lipinski definition) is 1. The largest absolute Gasteiger partial charge is 0.313 e. The van der Waals surface area contributed by atoms with Gasteiger partial charge in [-0.05, 0) is 55.6 Å². The summed E-state index contributed by atoms with van der Waals surface area (Å²) < 4.78 is 1.11. The monoisotopic (exact) mass is 351 g/mol. The van der Waals surface area contributed by atoms with E-state index >= 15 is 0 Å². The molecule has 0 saturated heterocycles. The molecule has 0 aliphatic carbocycles. The Labute approximate surface area is 134 Å². The van der Waals surface area contributed by atoms with Gasteiger partial charge in [0.15, 0.2) is 0 Å². The van der Waals surface area contributed by atoms with Crippen LogP contribution >= 0.6 is 27.5 Å². The second-order valence-corrected chi connectivity index (χ2v) is 6.18. The van der Waals surface area contributed by atoms with Gasteiger partial charge in [-0.1, -0.05) is 57.9 Å². The van der Waals surface area contributed by atoms with E-state index in [1.165, 1.54) is 11.1 Å². The highest BCUT2D eigenvalue weighted by Gasteiger charge is 2.12. The lowest BCUT2D eigenvalue weighted by molar-refractivity contribution is 0.525. The summed E-state index contributed by atoms with van der Waals surface area (Å²) in [6.07, 6.45) is 3.34. The Kier molecular flexibility index (Phi) is 6.08. The first-order valence-electron chi connectivity index (χ1n) is 6.87. The first-order valence-corrected chi connectivity index (χ1v) is 8.04. The fourth-order valence-corrected chi connectivity index (χ4v) is 3.10. The summed E-state index contributed by atoms with van der Waals surface area (Å²) in [7, 11) is 2.00. The van der Waals surface area contributed by atoms with Crippen molar-refractivity contribution in [2.75, 3.05) is 7.05 Å². The Bertz CT molecular complexity index is 542. The Morgan fingerprint density at radius 1 is 1.15 bits per heavy atom. The standard InChI is InChI=1S/C17H19BrClN/c1-20-17(15-12-14(19)10-11-16(15)18)9-5-8-13-6-3-2-4-7-13/h2-4,6-7,10-12,17,20H,5,8-9H2,1H3. The maximum absolute atomic E-state index is 6.10. The van der Waals surface area contributed by atoms with Crippen LogP contribution in [0.2, 0.25) is 5.02 Å². The van der Waals surface area contributed by atoms with Gasteiger partial charge in [0, 0.05) is 15.5 Å². The molecular formula is C17H19BrClN. The molecule has 1 atom stereocenters. The van der Waals surface area contributed by atoms with Crippen molar-refractivity contribution >= 4 is 27.5 Å². The molecular weight excluding hydrogens is 334 g/mol. The van der Waals surface area contributed by atoms with Gasteiger partial charge in [-0.15, -0.1) is 0 Å². The lowest BCUT2D eigenvalue weighted by Gasteiger charge is -2.18. The highest BCUT2D eigenvalue weighted by molar-refractivity contribution is 9.10. The number of nitrogens with one attached hydrogen (secondary N) is 1. The summed E-state index contributed by atoms with van der Waals surface area (Å²) in [6, 6.07) is 16.9. The fraction of sp³-hybridized carbons (Fsp3) is 0.294. The van der Waals surface area contributed by atoms with E-state index in [9.17, 15) is 0 Å². The molecule has 1 nitrogen and oxygen atoms in total. The molecule has 3 heteroatoms. The van der Waals surface area contributed by atoms with Crippen molar-refractivity contribution in [1.29, 1.82) is 0 Å². The molecule has 1 N–H and O–H groups in total. The normalized spacial score (nSPS) is 12.3. The van der Waals surface area contributed by atoms with Gasteiger partial charge in [0.05, 0.1) is 0 Å². The number of benzene rings is 2. The van der Waals surface area contributed by atoms with Crippen LogP contribution in [0.4, 0.5) is 0 Å². The lowest BCUT2D eigenvalue weighted by atomic mass is 9.99. The SMILES string of the molecule is CNC(CCCc1ccccc1)c1cc(Cl)ccc1Br. The predicted octanol–water partition coefficient (Wildman–Crippen LogP) is 5.39. The van der Waals surface area contributed by atoms with Gasteiger partial charge in [0.2, 0.25) is 0 Å². The molecule has 0 heterocycles. The van der Waals surface area contributed by atoms with E-state index in [0.717, 1.165) is 28.8 Å². The van der Waals surface area contributed by atoms with E-state index in [2.05, 4.69) is 51.6 Å². The summed E-state index contributed by atoms with van der Waals surface area (Å²) in [5.41, 5.74) is 2.63. The Morgan fingerprint density at radius 2 is 1.90 bits per heavy atom. The molecule has 0 bridgehead atoms. The molecule has 0 saturated carbocycles. The average Bonchev–Trinajstić information content (AvgIpc) is 2.48. The molecule has 0 aliphatic rings. The van der Waals surface area contributed by atoms with Gasteiger partial charge < -0.3 is 5.32 Å². The average molecular weight is 353 g/mol. The third-order valence-electron chi connectivity index (χ3n) is 3.48. The molecule has 0 amide bonds. The zero-order valence-electron chi connectivity index (χ0n) is 11.6. The first kappa shape index (κ1) is 15.6. The van der Waals surface area contributed by atoms with Crippen LogP contribution in [0.1, 0.15) is 30.0 Å². The van der Waals surface area contributed by atoms with Crippen molar-refractivity contribution in [2.24, 2.45) is 0 Å². The minimum Gasteiger partial charge on any atom is -0.313 e. The maximum atomic E-state index is 6.10. The van der Waals surface area contributed by atoms with Crippen LogP contribution in [0.3, 0.4) is 0 Å². The van der Waals surface area contributed by atoms with Crippen LogP contribution < -0.4 is 5.32 Å². The highest BCUT2D eigenvalue weighted by Crippen LogP contribution is 2.29. The maximum Gasteiger partial charge on any atom is 0.0410 e. The van der Waals surface area contributed by atoms with Crippen LogP contribution in [-0.2, 0) is 6.42 Å². The predicted molar refractivity (Wildman–Crippen MR) is 90.3 cm³/mol. The molecule has 0 aliphatic heterocycles. The number of halogens is 2. The van der Waals surface area contributed by atoms with E-state index in [-0.39, 0.29) is 0 Å². The summed E-state index contributed by atoms with van der Waals surface area (Å²) in [5, 5.41) is 4.17. The van der Waals surface area contributed by atoms with Gasteiger partial charge in [-0.3, -0.25) is 0 Å². The zero-order valence-corrected chi connectivity index (χ0v) is 13.9. The van der Waals surface area contributed by atoms with Crippen LogP contribution in [0, 0.1) is 0 Å². The van der Waals surface area contributed by atoms with Crippen LogP contribution in [-0.4, -0.2) is 7.05 Å². The van der Waals surface area contributed by atoms with Gasteiger partial charge in [0.25, 0.3) is 0 Å². The van der Waals surface area contributed by atoms with E-state index in [1.54, 1.807) is 0 Å². The summed E-state index contributed by atoms with van der Waals surface area (Å²) in [5.74, 6) is 0. The van der Waals surface area contributed by atoms with E-state index in [4.69, 9.17) is 11.6 Å². The quantitative estimate of drug-likeness (QED) is 0.735. The van der Waals surface area contributed by atoms with E-state index < -0.39 is 0 Å². The first-order chi connectivity index (χ1) is 9.70. The molecule has 20 heavy (non-hydrogen) atoms. The molecule has 106 valence electrons. The highest BCUT2D eigenvalue weighted by atomic mass is 79.9. The molecule has 0 aromatic heterocycles. The minimum atomic E-state index is 0.326. The second-order valence-electron chi connectivity index (χ2n) is 4.88. The van der Waals surface area contributed by atoms with Crippen LogP contribution in [0.5, 0.6) is 0 Å². The van der Waals surface area contributed by atoms with Crippen molar-refractivity contribution in [1.82, 2.24) is 5.32 Å². The van der Waals surface area contributed by atoms with Gasteiger partial charge >= 0.3 is 0 Å². The van der Waals surface area contributed by atoms with Crippen molar-refractivity contribution in [3.63, 3.8) is 0 Å². The number of rotatable bonds is 6. The zero-order chi connectivity index (χ0) is 14.4. The van der Waals surface area contributed by atoms with E-state index in [0.29, 0.717) is 6.04 Å². The Morgan fingerprint density at radius 3 is 2.60 bits per heavy atom. The summed E-state index contributed by atoms with van der Waals surface area (Å²) >= 11 is 9.71. The topological polar surface area (TPSA) is 12.0 Å². The Balaban J connectivity index is 1.97. The van der Waals surface area contributed by atoms with Crippen LogP contribution in [0.25, 0.3) is 0 Å². The van der Waals surface area contributed by atoms with Crippen molar-refractivity contribution in [2.45, 2.75) is 25.3 Å². The third-order valence-corrected chi connectivity index (χ3v) is 4.44. The minimum absolute atomic E-state index is 0.326. The lowest BCUT2D eigenvalue weighted by Crippen LogP contribution is -2.17. The fourth-order valence-electron chi connectivity index (χ4n) is 2.39. The molecule has 0 radical (unpaired) electrons. The third kappa shape index (κ3) is 4.34. The molecule has 1 unspecified atom stereocenters. The molecule has 0 spiro atoms. The summed E-state index contributed by atoms with van der Waals surface area (Å²) in [4.78, 5) is 0. The van der Waals surface area contributed by atoms with Gasteiger partial charge in [0.1, 0.15) is 0 Å². The molecule has 0 fully saturated rings. The van der Waals surface area contributed by atoms with Crippen LogP contribution in [0.15, 0.2) is 53.0 Å². The van der Waals surface area contributed by atoms with Gasteiger partial charge in [-0.25, -0.2) is 0 Å². The molecule has 2 rings (SSSR count). The van der Waals surface area contributed by atoms with Crippen molar-refractivity contribution in [3.05, 3.63) is 69.2 Å². The molecule has 2 aromatic rings. The second kappa shape index (κ2) is 7.82. The van der Waals surface area contributed by atoms with Crippen molar-refractivity contribution < 1.29 is 0 Å².